The number of benzene rings is 2. The van der Waals surface area contributed by atoms with Gasteiger partial charge in [0.15, 0.2) is 0 Å². The van der Waals surface area contributed by atoms with Crippen molar-refractivity contribution >= 4 is 47.1 Å². The molecule has 4 nitrogen and oxygen atoms in total. The highest BCUT2D eigenvalue weighted by Crippen LogP contribution is 2.21. The van der Waals surface area contributed by atoms with Gasteiger partial charge in [-0.25, -0.2) is 5.43 Å². The summed E-state index contributed by atoms with van der Waals surface area (Å²) in [5, 5.41) is 4.83. The second kappa shape index (κ2) is 9.57. The van der Waals surface area contributed by atoms with Crippen LogP contribution in [0, 0.1) is 0 Å². The van der Waals surface area contributed by atoms with Crippen LogP contribution in [0.25, 0.3) is 0 Å². The van der Waals surface area contributed by atoms with E-state index in [2.05, 4.69) is 10.5 Å². The van der Waals surface area contributed by atoms with Gasteiger partial charge in [0, 0.05) is 5.75 Å². The fourth-order valence-corrected chi connectivity index (χ4v) is 2.87. The maximum Gasteiger partial charge on any atom is 0.250 e. The number of halogens is 2. The summed E-state index contributed by atoms with van der Waals surface area (Å²) in [6.45, 7) is 0. The molecule has 126 valence electrons. The molecular formula is C17H16Cl2N2O2S. The van der Waals surface area contributed by atoms with E-state index >= 15 is 0 Å². The second-order valence-electron chi connectivity index (χ2n) is 4.81. The van der Waals surface area contributed by atoms with Gasteiger partial charge >= 0.3 is 0 Å². The van der Waals surface area contributed by atoms with E-state index in [0.29, 0.717) is 15.8 Å². The summed E-state index contributed by atoms with van der Waals surface area (Å²) in [6.07, 6.45) is 1.52. The molecule has 7 heteroatoms. The van der Waals surface area contributed by atoms with E-state index in [1.165, 1.54) is 18.0 Å². The monoisotopic (exact) mass is 382 g/mol. The van der Waals surface area contributed by atoms with Crippen LogP contribution in [0.5, 0.6) is 5.75 Å². The molecule has 2 aromatic rings. The highest BCUT2D eigenvalue weighted by Gasteiger charge is 2.02. The molecule has 0 aliphatic rings. The van der Waals surface area contributed by atoms with E-state index in [1.807, 2.05) is 24.3 Å². The van der Waals surface area contributed by atoms with Crippen LogP contribution >= 0.6 is 35.0 Å². The molecule has 0 heterocycles. The Morgan fingerprint density at radius 2 is 1.96 bits per heavy atom. The summed E-state index contributed by atoms with van der Waals surface area (Å²) in [6, 6.07) is 12.9. The molecule has 0 saturated heterocycles. The van der Waals surface area contributed by atoms with Gasteiger partial charge in [0.1, 0.15) is 5.75 Å². The Bertz CT molecular complexity index is 721. The molecular weight excluding hydrogens is 367 g/mol. The van der Waals surface area contributed by atoms with Gasteiger partial charge in [-0.3, -0.25) is 4.79 Å². The van der Waals surface area contributed by atoms with Crippen molar-refractivity contribution < 1.29 is 9.53 Å². The first kappa shape index (κ1) is 18.6. The predicted molar refractivity (Wildman–Crippen MR) is 101 cm³/mol. The quantitative estimate of drug-likeness (QED) is 0.570. The number of nitrogens with one attached hydrogen (secondary N) is 1. The molecule has 0 aliphatic heterocycles. The maximum atomic E-state index is 11.7. The fraction of sp³-hybridized carbons (Fsp3) is 0.176. The first-order chi connectivity index (χ1) is 11.6. The van der Waals surface area contributed by atoms with E-state index in [9.17, 15) is 4.79 Å². The number of rotatable bonds is 7. The number of hydrogen-bond acceptors (Lipinski definition) is 4. The van der Waals surface area contributed by atoms with E-state index in [1.54, 1.807) is 25.3 Å². The third-order valence-corrected chi connectivity index (χ3v) is 4.75. The number of ether oxygens (including phenoxy) is 1. The third-order valence-electron chi connectivity index (χ3n) is 3.01. The number of nitrogens with zero attached hydrogens (tertiary/aromatic N) is 1. The predicted octanol–water partition coefficient (Wildman–Crippen LogP) is 4.39. The van der Waals surface area contributed by atoms with E-state index in [0.717, 1.165) is 22.6 Å². The Labute approximate surface area is 155 Å². The number of hydrazone groups is 1. The van der Waals surface area contributed by atoms with Crippen molar-refractivity contribution in [2.24, 2.45) is 5.10 Å². The van der Waals surface area contributed by atoms with Crippen molar-refractivity contribution in [1.29, 1.82) is 0 Å². The lowest BCUT2D eigenvalue weighted by Gasteiger charge is -2.03. The normalized spacial score (nSPS) is 10.8. The fourth-order valence-electron chi connectivity index (χ4n) is 1.79. The summed E-state index contributed by atoms with van der Waals surface area (Å²) in [5.74, 6) is 1.72. The van der Waals surface area contributed by atoms with Gasteiger partial charge in [0.2, 0.25) is 5.91 Å². The number of hydrogen-bond donors (Lipinski definition) is 1. The number of methoxy groups -OCH3 is 1. The molecule has 1 N–H and O–H groups in total. The van der Waals surface area contributed by atoms with Gasteiger partial charge in [-0.15, -0.1) is 11.8 Å². The van der Waals surface area contributed by atoms with Crippen molar-refractivity contribution in [3.05, 3.63) is 63.6 Å². The van der Waals surface area contributed by atoms with E-state index in [-0.39, 0.29) is 5.91 Å². The van der Waals surface area contributed by atoms with Crippen LogP contribution in [0.2, 0.25) is 10.0 Å². The molecule has 0 radical (unpaired) electrons. The molecule has 24 heavy (non-hydrogen) atoms. The number of thioether (sulfide) groups is 1. The molecule has 0 unspecified atom stereocenters. The smallest absolute Gasteiger partial charge is 0.250 e. The Kier molecular flexibility index (Phi) is 7.43. The largest absolute Gasteiger partial charge is 0.497 e. The second-order valence-corrected chi connectivity index (χ2v) is 6.61. The lowest BCUT2D eigenvalue weighted by Crippen LogP contribution is -2.19. The van der Waals surface area contributed by atoms with Gasteiger partial charge in [0.05, 0.1) is 29.1 Å². The molecule has 1 amide bonds. The molecule has 0 spiro atoms. The standard InChI is InChI=1S/C17H16Cl2N2O2S/c1-23-14-5-2-12(3-6-14)10-24-11-17(22)21-20-9-13-4-7-15(18)16(19)8-13/h2-9H,10-11H2,1H3,(H,21,22)/b20-9+. The zero-order chi connectivity index (χ0) is 17.4. The first-order valence-corrected chi connectivity index (χ1v) is 8.97. The SMILES string of the molecule is COc1ccc(CSCC(=O)N/N=C/c2ccc(Cl)c(Cl)c2)cc1. The molecule has 2 aromatic carbocycles. The Morgan fingerprint density at radius 3 is 2.62 bits per heavy atom. The molecule has 2 rings (SSSR count). The van der Waals surface area contributed by atoms with Crippen molar-refractivity contribution in [3.63, 3.8) is 0 Å². The number of carbonyl (C=O) groups is 1. The zero-order valence-corrected chi connectivity index (χ0v) is 15.3. The molecule has 0 bridgehead atoms. The van der Waals surface area contributed by atoms with Crippen molar-refractivity contribution in [1.82, 2.24) is 5.43 Å². The van der Waals surface area contributed by atoms with E-state index in [4.69, 9.17) is 27.9 Å². The Morgan fingerprint density at radius 1 is 1.21 bits per heavy atom. The summed E-state index contributed by atoms with van der Waals surface area (Å²) in [7, 11) is 1.63. The first-order valence-electron chi connectivity index (χ1n) is 7.06. The third kappa shape index (κ3) is 6.07. The summed E-state index contributed by atoms with van der Waals surface area (Å²) < 4.78 is 5.10. The average Bonchev–Trinajstić information content (AvgIpc) is 2.59. The lowest BCUT2D eigenvalue weighted by atomic mass is 10.2. The minimum absolute atomic E-state index is 0.162. The van der Waals surface area contributed by atoms with Crippen LogP contribution in [0.15, 0.2) is 47.6 Å². The van der Waals surface area contributed by atoms with Gasteiger partial charge in [-0.2, -0.15) is 5.10 Å². The molecule has 0 saturated carbocycles. The molecule has 0 aromatic heterocycles. The van der Waals surface area contributed by atoms with E-state index < -0.39 is 0 Å². The maximum absolute atomic E-state index is 11.7. The van der Waals surface area contributed by atoms with Gasteiger partial charge < -0.3 is 4.74 Å². The minimum atomic E-state index is -0.162. The van der Waals surface area contributed by atoms with Crippen LogP contribution < -0.4 is 10.2 Å². The van der Waals surface area contributed by atoms with Crippen LogP contribution in [0.1, 0.15) is 11.1 Å². The molecule has 0 aliphatic carbocycles. The van der Waals surface area contributed by atoms with Crippen LogP contribution in [-0.4, -0.2) is 25.0 Å². The molecule has 0 atom stereocenters. The highest BCUT2D eigenvalue weighted by molar-refractivity contribution is 7.99. The summed E-state index contributed by atoms with van der Waals surface area (Å²) in [5.41, 5.74) is 4.38. The average molecular weight is 383 g/mol. The highest BCUT2D eigenvalue weighted by atomic mass is 35.5. The van der Waals surface area contributed by atoms with Crippen molar-refractivity contribution in [2.75, 3.05) is 12.9 Å². The van der Waals surface area contributed by atoms with Crippen molar-refractivity contribution in [3.8, 4) is 5.75 Å². The Hall–Kier alpha value is -1.69. The van der Waals surface area contributed by atoms with Gasteiger partial charge in [-0.1, -0.05) is 41.4 Å². The van der Waals surface area contributed by atoms with Gasteiger partial charge in [0.25, 0.3) is 0 Å². The van der Waals surface area contributed by atoms with Crippen LogP contribution in [-0.2, 0) is 10.5 Å². The summed E-state index contributed by atoms with van der Waals surface area (Å²) in [4.78, 5) is 11.7. The number of amides is 1. The van der Waals surface area contributed by atoms with Gasteiger partial charge in [-0.05, 0) is 35.4 Å². The van der Waals surface area contributed by atoms with Crippen LogP contribution in [0.4, 0.5) is 0 Å². The topological polar surface area (TPSA) is 50.7 Å². The minimum Gasteiger partial charge on any atom is -0.497 e. The number of carbonyl (C=O) groups excluding carboxylic acids is 1. The van der Waals surface area contributed by atoms with Crippen LogP contribution in [0.3, 0.4) is 0 Å². The summed E-state index contributed by atoms with van der Waals surface area (Å²) >= 11 is 13.3. The Balaban J connectivity index is 1.72. The van der Waals surface area contributed by atoms with Crippen molar-refractivity contribution in [2.45, 2.75) is 5.75 Å². The molecule has 0 fully saturated rings. The zero-order valence-electron chi connectivity index (χ0n) is 13.0. The lowest BCUT2D eigenvalue weighted by molar-refractivity contribution is -0.118.